The fourth-order valence-electron chi connectivity index (χ4n) is 4.11. The van der Waals surface area contributed by atoms with Crippen LogP contribution in [0.25, 0.3) is 0 Å². The third-order valence-electron chi connectivity index (χ3n) is 5.75. The van der Waals surface area contributed by atoms with Crippen LogP contribution < -0.4 is 4.74 Å². The Balaban J connectivity index is 1.51. The molecule has 0 aromatic heterocycles. The SMILES string of the molecule is OC(CN(Cc1cccc(Oc2ccccc2)c1)Cc1cccc(C2CCCO2)c1)C(F)(F)F. The zero-order valence-corrected chi connectivity index (χ0v) is 18.7. The van der Waals surface area contributed by atoms with Gasteiger partial charge in [-0.15, -0.1) is 0 Å². The molecular formula is C27H28F3NO3. The number of hydrogen-bond acceptors (Lipinski definition) is 4. The first kappa shape index (κ1) is 24.3. The van der Waals surface area contributed by atoms with Crippen molar-refractivity contribution in [1.29, 1.82) is 0 Å². The van der Waals surface area contributed by atoms with Crippen LogP contribution in [0.4, 0.5) is 13.2 Å². The fourth-order valence-corrected chi connectivity index (χ4v) is 4.11. The van der Waals surface area contributed by atoms with Crippen molar-refractivity contribution in [1.82, 2.24) is 4.90 Å². The smallest absolute Gasteiger partial charge is 0.415 e. The van der Waals surface area contributed by atoms with E-state index >= 15 is 0 Å². The lowest BCUT2D eigenvalue weighted by atomic mass is 10.0. The second-order valence-electron chi connectivity index (χ2n) is 8.54. The number of alkyl halides is 3. The molecule has 7 heteroatoms. The van der Waals surface area contributed by atoms with Crippen LogP contribution in [0.2, 0.25) is 0 Å². The highest BCUT2D eigenvalue weighted by atomic mass is 19.4. The molecule has 4 rings (SSSR count). The fraction of sp³-hybridized carbons (Fsp3) is 0.333. The average Bonchev–Trinajstić information content (AvgIpc) is 3.35. The third kappa shape index (κ3) is 6.82. The first-order valence-electron chi connectivity index (χ1n) is 11.4. The molecule has 4 nitrogen and oxygen atoms in total. The monoisotopic (exact) mass is 471 g/mol. The van der Waals surface area contributed by atoms with Crippen LogP contribution in [0.1, 0.15) is 35.6 Å². The number of ether oxygens (including phenoxy) is 2. The van der Waals surface area contributed by atoms with Gasteiger partial charge in [-0.2, -0.15) is 13.2 Å². The van der Waals surface area contributed by atoms with Gasteiger partial charge in [0.15, 0.2) is 6.10 Å². The molecule has 1 aliphatic heterocycles. The zero-order valence-electron chi connectivity index (χ0n) is 18.7. The molecule has 1 aliphatic rings. The summed E-state index contributed by atoms with van der Waals surface area (Å²) in [5.74, 6) is 1.27. The molecule has 0 bridgehead atoms. The Morgan fingerprint density at radius 2 is 1.59 bits per heavy atom. The first-order chi connectivity index (χ1) is 16.4. The van der Waals surface area contributed by atoms with Gasteiger partial charge in [0, 0.05) is 26.2 Å². The van der Waals surface area contributed by atoms with E-state index < -0.39 is 18.8 Å². The summed E-state index contributed by atoms with van der Waals surface area (Å²) >= 11 is 0. The van der Waals surface area contributed by atoms with Crippen molar-refractivity contribution in [3.8, 4) is 11.5 Å². The Bertz CT molecular complexity index is 1050. The molecule has 1 saturated heterocycles. The summed E-state index contributed by atoms with van der Waals surface area (Å²) in [4.78, 5) is 1.61. The molecule has 34 heavy (non-hydrogen) atoms. The van der Waals surface area contributed by atoms with Gasteiger partial charge in [-0.1, -0.05) is 54.6 Å². The highest BCUT2D eigenvalue weighted by Gasteiger charge is 2.39. The maximum atomic E-state index is 13.1. The predicted octanol–water partition coefficient (Wildman–Crippen LogP) is 6.26. The van der Waals surface area contributed by atoms with Crippen molar-refractivity contribution >= 4 is 0 Å². The van der Waals surface area contributed by atoms with Crippen LogP contribution in [-0.4, -0.2) is 35.4 Å². The normalized spacial score (nSPS) is 17.1. The van der Waals surface area contributed by atoms with Crippen LogP contribution in [0.3, 0.4) is 0 Å². The summed E-state index contributed by atoms with van der Waals surface area (Å²) in [6.45, 7) is 0.679. The van der Waals surface area contributed by atoms with E-state index in [1.165, 1.54) is 0 Å². The zero-order chi connectivity index (χ0) is 24.0. The molecule has 3 aromatic rings. The predicted molar refractivity (Wildman–Crippen MR) is 124 cm³/mol. The molecule has 1 N–H and O–H groups in total. The lowest BCUT2D eigenvalue weighted by molar-refractivity contribution is -0.208. The van der Waals surface area contributed by atoms with E-state index in [-0.39, 0.29) is 19.2 Å². The Morgan fingerprint density at radius 1 is 0.912 bits per heavy atom. The molecule has 3 aromatic carbocycles. The van der Waals surface area contributed by atoms with E-state index in [1.54, 1.807) is 11.0 Å². The molecule has 0 radical (unpaired) electrons. The number of para-hydroxylation sites is 1. The van der Waals surface area contributed by atoms with E-state index in [2.05, 4.69) is 0 Å². The van der Waals surface area contributed by atoms with Gasteiger partial charge in [-0.25, -0.2) is 0 Å². The van der Waals surface area contributed by atoms with Crippen LogP contribution in [0.5, 0.6) is 11.5 Å². The van der Waals surface area contributed by atoms with E-state index in [1.807, 2.05) is 72.8 Å². The first-order valence-corrected chi connectivity index (χ1v) is 11.4. The highest BCUT2D eigenvalue weighted by Crippen LogP contribution is 2.30. The summed E-state index contributed by atoms with van der Waals surface area (Å²) in [6.07, 6.45) is -5.15. The van der Waals surface area contributed by atoms with E-state index in [4.69, 9.17) is 9.47 Å². The number of rotatable bonds is 9. The summed E-state index contributed by atoms with van der Waals surface area (Å²) in [7, 11) is 0. The van der Waals surface area contributed by atoms with E-state index in [9.17, 15) is 18.3 Å². The number of benzene rings is 3. The molecule has 2 unspecified atom stereocenters. The second kappa shape index (κ2) is 11.0. The quantitative estimate of drug-likeness (QED) is 0.400. The minimum atomic E-state index is -4.68. The number of aliphatic hydroxyl groups is 1. The lowest BCUT2D eigenvalue weighted by Crippen LogP contribution is -2.40. The highest BCUT2D eigenvalue weighted by molar-refractivity contribution is 5.34. The molecule has 180 valence electrons. The summed E-state index contributed by atoms with van der Waals surface area (Å²) in [5, 5.41) is 9.78. The Kier molecular flexibility index (Phi) is 7.88. The molecule has 1 fully saturated rings. The Labute approximate surface area is 197 Å². The molecule has 0 spiro atoms. The number of nitrogens with zero attached hydrogens (tertiary/aromatic N) is 1. The van der Waals surface area contributed by atoms with Crippen LogP contribution >= 0.6 is 0 Å². The lowest BCUT2D eigenvalue weighted by Gasteiger charge is -2.27. The average molecular weight is 472 g/mol. The Morgan fingerprint density at radius 3 is 2.26 bits per heavy atom. The Hall–Kier alpha value is -2.87. The standard InChI is InChI=1S/C27H28F3NO3/c28-27(29,30)26(32)19-31(17-20-7-4-9-22(15-20)25-13-6-14-33-25)18-21-8-5-12-24(16-21)34-23-10-2-1-3-11-23/h1-5,7-12,15-16,25-26,32H,6,13-14,17-19H2. The summed E-state index contributed by atoms with van der Waals surface area (Å²) in [6, 6.07) is 24.3. The summed E-state index contributed by atoms with van der Waals surface area (Å²) in [5.41, 5.74) is 2.70. The van der Waals surface area contributed by atoms with Crippen molar-refractivity contribution in [3.05, 3.63) is 95.6 Å². The van der Waals surface area contributed by atoms with Gasteiger partial charge < -0.3 is 14.6 Å². The largest absolute Gasteiger partial charge is 0.457 e. The van der Waals surface area contributed by atoms with Crippen molar-refractivity contribution in [2.75, 3.05) is 13.2 Å². The number of aliphatic hydroxyl groups excluding tert-OH is 1. The van der Waals surface area contributed by atoms with Gasteiger partial charge >= 0.3 is 6.18 Å². The molecular weight excluding hydrogens is 443 g/mol. The van der Waals surface area contributed by atoms with Gasteiger partial charge in [0.05, 0.1) is 6.10 Å². The number of halogens is 3. The van der Waals surface area contributed by atoms with Gasteiger partial charge in [0.2, 0.25) is 0 Å². The van der Waals surface area contributed by atoms with Crippen LogP contribution in [0, 0.1) is 0 Å². The molecule has 0 saturated carbocycles. The van der Waals surface area contributed by atoms with Crippen molar-refractivity contribution < 1.29 is 27.8 Å². The maximum absolute atomic E-state index is 13.1. The molecule has 1 heterocycles. The van der Waals surface area contributed by atoms with E-state index in [0.717, 1.165) is 36.1 Å². The molecule has 0 aliphatic carbocycles. The van der Waals surface area contributed by atoms with Crippen molar-refractivity contribution in [3.63, 3.8) is 0 Å². The van der Waals surface area contributed by atoms with Crippen LogP contribution in [-0.2, 0) is 17.8 Å². The topological polar surface area (TPSA) is 41.9 Å². The third-order valence-corrected chi connectivity index (χ3v) is 5.75. The molecule has 0 amide bonds. The summed E-state index contributed by atoms with van der Waals surface area (Å²) < 4.78 is 51.1. The van der Waals surface area contributed by atoms with E-state index in [0.29, 0.717) is 11.5 Å². The molecule has 2 atom stereocenters. The van der Waals surface area contributed by atoms with Crippen LogP contribution in [0.15, 0.2) is 78.9 Å². The van der Waals surface area contributed by atoms with Gasteiger partial charge in [0.1, 0.15) is 11.5 Å². The van der Waals surface area contributed by atoms with Gasteiger partial charge in [-0.05, 0) is 53.8 Å². The number of hydrogen-bond donors (Lipinski definition) is 1. The van der Waals surface area contributed by atoms with Crippen molar-refractivity contribution in [2.45, 2.75) is 44.3 Å². The van der Waals surface area contributed by atoms with Gasteiger partial charge in [0.25, 0.3) is 0 Å². The minimum Gasteiger partial charge on any atom is -0.457 e. The van der Waals surface area contributed by atoms with Gasteiger partial charge in [-0.3, -0.25) is 4.90 Å². The minimum absolute atomic E-state index is 0.0287. The van der Waals surface area contributed by atoms with Crippen molar-refractivity contribution in [2.24, 2.45) is 0 Å². The maximum Gasteiger partial charge on any atom is 0.415 e. The second-order valence-corrected chi connectivity index (χ2v) is 8.54.